The first-order valence-corrected chi connectivity index (χ1v) is 4.82. The van der Waals surface area contributed by atoms with E-state index >= 15 is 0 Å². The molecule has 80 valence electrons. The summed E-state index contributed by atoms with van der Waals surface area (Å²) in [4.78, 5) is 23.9. The van der Waals surface area contributed by atoms with Crippen molar-refractivity contribution in [3.63, 3.8) is 0 Å². The minimum Gasteiger partial charge on any atom is -0.392 e. The number of rotatable bonds is 4. The Bertz CT molecular complexity index is 228. The van der Waals surface area contributed by atoms with E-state index < -0.39 is 6.10 Å². The zero-order valence-corrected chi connectivity index (χ0v) is 8.32. The van der Waals surface area contributed by atoms with Crippen LogP contribution in [0, 0.1) is 0 Å². The maximum Gasteiger partial charge on any atom is 0.239 e. The summed E-state index contributed by atoms with van der Waals surface area (Å²) in [7, 11) is 0. The fraction of sp³-hybridized carbons (Fsp3) is 0.778. The third-order valence-corrected chi connectivity index (χ3v) is 2.10. The average molecular weight is 200 g/mol. The predicted molar refractivity (Wildman–Crippen MR) is 50.5 cm³/mol. The summed E-state index contributed by atoms with van der Waals surface area (Å²) in [6.07, 6.45) is 0.833. The largest absolute Gasteiger partial charge is 0.392 e. The van der Waals surface area contributed by atoms with Gasteiger partial charge in [-0.25, -0.2) is 0 Å². The number of nitrogens with zero attached hydrogens (tertiary/aromatic N) is 1. The highest BCUT2D eigenvalue weighted by Crippen LogP contribution is 2.08. The molecule has 0 radical (unpaired) electrons. The molecule has 2 amide bonds. The fourth-order valence-electron chi connectivity index (χ4n) is 1.36. The maximum absolute atomic E-state index is 11.2. The van der Waals surface area contributed by atoms with Gasteiger partial charge in [-0.05, 0) is 13.3 Å². The number of hydrogen-bond acceptors (Lipinski definition) is 3. The molecule has 0 aliphatic carbocycles. The van der Waals surface area contributed by atoms with Crippen molar-refractivity contribution in [1.29, 1.82) is 0 Å². The van der Waals surface area contributed by atoms with Crippen LogP contribution in [0.5, 0.6) is 0 Å². The zero-order chi connectivity index (χ0) is 10.6. The van der Waals surface area contributed by atoms with Crippen LogP contribution in [-0.4, -0.2) is 47.6 Å². The molecule has 0 aromatic carbocycles. The minimum atomic E-state index is -0.548. The molecule has 2 N–H and O–H groups in total. The quantitative estimate of drug-likeness (QED) is 0.618. The summed E-state index contributed by atoms with van der Waals surface area (Å²) in [6, 6.07) is 0. The van der Waals surface area contributed by atoms with Crippen LogP contribution >= 0.6 is 0 Å². The molecular formula is C9H16N2O3. The van der Waals surface area contributed by atoms with E-state index in [4.69, 9.17) is 5.11 Å². The molecule has 1 heterocycles. The topological polar surface area (TPSA) is 69.6 Å². The van der Waals surface area contributed by atoms with Gasteiger partial charge >= 0.3 is 0 Å². The first-order valence-electron chi connectivity index (χ1n) is 4.82. The highest BCUT2D eigenvalue weighted by Gasteiger charge is 2.21. The van der Waals surface area contributed by atoms with E-state index in [2.05, 4.69) is 5.32 Å². The first kappa shape index (κ1) is 11.0. The van der Waals surface area contributed by atoms with E-state index in [1.807, 2.05) is 0 Å². The second-order valence-corrected chi connectivity index (χ2v) is 3.57. The van der Waals surface area contributed by atoms with Crippen molar-refractivity contribution in [1.82, 2.24) is 10.2 Å². The molecule has 0 spiro atoms. The third-order valence-electron chi connectivity index (χ3n) is 2.10. The van der Waals surface area contributed by atoms with E-state index in [9.17, 15) is 9.59 Å². The summed E-state index contributed by atoms with van der Waals surface area (Å²) in [5.74, 6) is -0.168. The number of carbonyl (C=O) groups is 2. The van der Waals surface area contributed by atoms with Crippen molar-refractivity contribution >= 4 is 11.8 Å². The Hall–Kier alpha value is -1.10. The second kappa shape index (κ2) is 4.95. The number of hydrogen-bond donors (Lipinski definition) is 2. The molecule has 0 aromatic heterocycles. The maximum atomic E-state index is 11.2. The molecule has 0 unspecified atom stereocenters. The summed E-state index contributed by atoms with van der Waals surface area (Å²) >= 11 is 0. The van der Waals surface area contributed by atoms with Crippen molar-refractivity contribution in [2.45, 2.75) is 25.9 Å². The lowest BCUT2D eigenvalue weighted by Gasteiger charge is -2.15. The van der Waals surface area contributed by atoms with Gasteiger partial charge in [0, 0.05) is 19.5 Å². The van der Waals surface area contributed by atoms with Crippen molar-refractivity contribution in [2.24, 2.45) is 0 Å². The predicted octanol–water partition coefficient (Wildman–Crippen LogP) is -0.894. The SMILES string of the molecule is C[C@@H](O)CNC(=O)CN1CCCC1=O. The molecule has 1 aliphatic rings. The van der Waals surface area contributed by atoms with E-state index in [0.717, 1.165) is 6.42 Å². The van der Waals surface area contributed by atoms with Crippen LogP contribution in [0.15, 0.2) is 0 Å². The van der Waals surface area contributed by atoms with Crippen LogP contribution in [0.3, 0.4) is 0 Å². The molecule has 1 atom stereocenters. The van der Waals surface area contributed by atoms with E-state index in [0.29, 0.717) is 13.0 Å². The second-order valence-electron chi connectivity index (χ2n) is 3.57. The van der Waals surface area contributed by atoms with Gasteiger partial charge in [0.15, 0.2) is 0 Å². The summed E-state index contributed by atoms with van der Waals surface area (Å²) < 4.78 is 0. The Kier molecular flexibility index (Phi) is 3.88. The van der Waals surface area contributed by atoms with Gasteiger partial charge in [0.2, 0.25) is 11.8 Å². The van der Waals surface area contributed by atoms with Crippen molar-refractivity contribution in [3.05, 3.63) is 0 Å². The minimum absolute atomic E-state index is 0.0391. The molecule has 14 heavy (non-hydrogen) atoms. The lowest BCUT2D eigenvalue weighted by Crippen LogP contribution is -2.40. The van der Waals surface area contributed by atoms with Gasteiger partial charge < -0.3 is 15.3 Å². The van der Waals surface area contributed by atoms with Crippen molar-refractivity contribution in [3.8, 4) is 0 Å². The number of nitrogens with one attached hydrogen (secondary N) is 1. The van der Waals surface area contributed by atoms with Gasteiger partial charge in [0.25, 0.3) is 0 Å². The first-order chi connectivity index (χ1) is 6.59. The average Bonchev–Trinajstić information content (AvgIpc) is 2.49. The van der Waals surface area contributed by atoms with E-state index in [1.165, 1.54) is 4.90 Å². The van der Waals surface area contributed by atoms with Crippen molar-refractivity contribution < 1.29 is 14.7 Å². The van der Waals surface area contributed by atoms with Crippen LogP contribution in [0.1, 0.15) is 19.8 Å². The van der Waals surface area contributed by atoms with Gasteiger partial charge in [-0.15, -0.1) is 0 Å². The molecule has 1 fully saturated rings. The molecular weight excluding hydrogens is 184 g/mol. The number of aliphatic hydroxyl groups excluding tert-OH is 1. The highest BCUT2D eigenvalue weighted by molar-refractivity contribution is 5.85. The van der Waals surface area contributed by atoms with Gasteiger partial charge in [-0.2, -0.15) is 0 Å². The summed E-state index contributed by atoms with van der Waals surface area (Å²) in [5, 5.41) is 11.5. The summed E-state index contributed by atoms with van der Waals surface area (Å²) in [5.41, 5.74) is 0. The standard InChI is InChI=1S/C9H16N2O3/c1-7(12)5-10-8(13)6-11-4-2-3-9(11)14/h7,12H,2-6H2,1H3,(H,10,13)/t7-/m1/s1. The molecule has 1 rings (SSSR count). The molecule has 5 nitrogen and oxygen atoms in total. The molecule has 1 saturated heterocycles. The number of carbonyl (C=O) groups excluding carboxylic acids is 2. The van der Waals surface area contributed by atoms with E-state index in [-0.39, 0.29) is 24.9 Å². The monoisotopic (exact) mass is 200 g/mol. The van der Waals surface area contributed by atoms with Crippen molar-refractivity contribution in [2.75, 3.05) is 19.6 Å². The molecule has 0 bridgehead atoms. The number of likely N-dealkylation sites (tertiary alicyclic amines) is 1. The van der Waals surface area contributed by atoms with Crippen LogP contribution in [0.2, 0.25) is 0 Å². The normalized spacial score (nSPS) is 18.4. The Morgan fingerprint density at radius 3 is 2.93 bits per heavy atom. The van der Waals surface area contributed by atoms with Gasteiger partial charge in [0.1, 0.15) is 0 Å². The van der Waals surface area contributed by atoms with Crippen LogP contribution < -0.4 is 5.32 Å². The Morgan fingerprint density at radius 2 is 2.43 bits per heavy atom. The van der Waals surface area contributed by atoms with Gasteiger partial charge in [0.05, 0.1) is 12.6 Å². The zero-order valence-electron chi connectivity index (χ0n) is 8.32. The van der Waals surface area contributed by atoms with Crippen LogP contribution in [0.4, 0.5) is 0 Å². The third kappa shape index (κ3) is 3.33. The van der Waals surface area contributed by atoms with Crippen LogP contribution in [-0.2, 0) is 9.59 Å². The lowest BCUT2D eigenvalue weighted by atomic mass is 10.4. The van der Waals surface area contributed by atoms with E-state index in [1.54, 1.807) is 6.92 Å². The highest BCUT2D eigenvalue weighted by atomic mass is 16.3. The molecule has 1 aliphatic heterocycles. The Morgan fingerprint density at radius 1 is 1.71 bits per heavy atom. The molecule has 0 aromatic rings. The van der Waals surface area contributed by atoms with Gasteiger partial charge in [-0.3, -0.25) is 9.59 Å². The Balaban J connectivity index is 2.23. The van der Waals surface area contributed by atoms with Gasteiger partial charge in [-0.1, -0.05) is 0 Å². The van der Waals surface area contributed by atoms with Crippen LogP contribution in [0.25, 0.3) is 0 Å². The Labute approximate surface area is 83.1 Å². The molecule has 0 saturated carbocycles. The fourth-order valence-corrected chi connectivity index (χ4v) is 1.36. The number of amides is 2. The molecule has 5 heteroatoms. The summed E-state index contributed by atoms with van der Waals surface area (Å²) in [6.45, 7) is 2.62. The number of aliphatic hydroxyl groups is 1. The smallest absolute Gasteiger partial charge is 0.239 e. The lowest BCUT2D eigenvalue weighted by molar-refractivity contribution is -0.133.